The van der Waals surface area contributed by atoms with E-state index in [0.717, 1.165) is 17.8 Å². The largest absolute Gasteiger partial charge is 0.497 e. The molecule has 0 fully saturated rings. The van der Waals surface area contributed by atoms with Gasteiger partial charge in [-0.05, 0) is 71.2 Å². The average molecular weight is 683 g/mol. The van der Waals surface area contributed by atoms with Crippen molar-refractivity contribution >= 4 is 45.0 Å². The molecule has 0 bridgehead atoms. The number of nitro benzene ring substituents is 1. The Bertz CT molecular complexity index is 1970. The Morgan fingerprint density at radius 3 is 2.61 bits per heavy atom. The monoisotopic (exact) mass is 681 g/mol. The summed E-state index contributed by atoms with van der Waals surface area (Å²) in [5.74, 6) is 0.980. The number of fused-ring (bicyclic) bond motifs is 1. The van der Waals surface area contributed by atoms with Crippen LogP contribution in [0.4, 0.5) is 5.69 Å². The van der Waals surface area contributed by atoms with Crippen LogP contribution >= 0.6 is 27.3 Å². The highest BCUT2D eigenvalue weighted by atomic mass is 79.9. The molecule has 0 N–H and O–H groups in total. The van der Waals surface area contributed by atoms with Crippen LogP contribution in [0.25, 0.3) is 17.4 Å². The molecule has 2 aromatic carbocycles. The molecule has 13 heteroatoms. The molecule has 0 saturated carbocycles. The number of furan rings is 1. The Balaban J connectivity index is 1.67. The standard InChI is InChI=1S/C31H28BrN3O8S/c1-5-7-22-27(30(37)42-6-2)28(17-8-12-25(41-4)21(32)14-17)34-29(36)26(44-31(34)33-22)16-19-10-13-24(43-19)20-11-9-18(40-3)15-23(20)35(38)39/h8-16,28H,5-7H2,1-4H3/b26-16-. The SMILES string of the molecule is CCCC1=C(C(=O)OCC)C(c2ccc(OC)c(Br)c2)n2c(s/c(=C\c3ccc(-c4ccc(OC)cc4[N+](=O)[O-])o3)c2=O)=N1. The van der Waals surface area contributed by atoms with Gasteiger partial charge in [-0.15, -0.1) is 0 Å². The predicted octanol–water partition coefficient (Wildman–Crippen LogP) is 5.53. The minimum absolute atomic E-state index is 0.165. The summed E-state index contributed by atoms with van der Waals surface area (Å²) in [5, 5.41) is 11.7. The molecule has 1 aliphatic heterocycles. The second-order valence-corrected chi connectivity index (χ2v) is 11.5. The van der Waals surface area contributed by atoms with Gasteiger partial charge in [0.1, 0.15) is 23.0 Å². The first kappa shape index (κ1) is 31.0. The summed E-state index contributed by atoms with van der Waals surface area (Å²) in [4.78, 5) is 43.8. The highest BCUT2D eigenvalue weighted by Gasteiger charge is 2.34. The van der Waals surface area contributed by atoms with Gasteiger partial charge in [0.25, 0.3) is 11.2 Å². The van der Waals surface area contributed by atoms with E-state index in [9.17, 15) is 19.7 Å². The fourth-order valence-corrected chi connectivity index (χ4v) is 6.55. The van der Waals surface area contributed by atoms with Crippen LogP contribution in [0.2, 0.25) is 0 Å². The number of methoxy groups -OCH3 is 2. The maximum Gasteiger partial charge on any atom is 0.338 e. The molecule has 0 spiro atoms. The summed E-state index contributed by atoms with van der Waals surface area (Å²) in [7, 11) is 2.98. The number of hydrogen-bond donors (Lipinski definition) is 0. The number of allylic oxidation sites excluding steroid dienone is 1. The molecular weight excluding hydrogens is 654 g/mol. The van der Waals surface area contributed by atoms with Crippen LogP contribution in [0.15, 0.2) is 78.5 Å². The van der Waals surface area contributed by atoms with Crippen LogP contribution in [0.3, 0.4) is 0 Å². The summed E-state index contributed by atoms with van der Waals surface area (Å²) in [6.45, 7) is 3.88. The maximum atomic E-state index is 14.0. The number of halogens is 1. The van der Waals surface area contributed by atoms with Crippen molar-refractivity contribution in [2.24, 2.45) is 4.99 Å². The summed E-state index contributed by atoms with van der Waals surface area (Å²) in [5.41, 5.74) is 1.25. The van der Waals surface area contributed by atoms with E-state index in [1.165, 1.54) is 17.7 Å². The molecule has 0 radical (unpaired) electrons. The maximum absolute atomic E-state index is 14.0. The Labute approximate surface area is 264 Å². The van der Waals surface area contributed by atoms with Gasteiger partial charge in [0, 0.05) is 6.08 Å². The first-order valence-electron chi connectivity index (χ1n) is 13.7. The van der Waals surface area contributed by atoms with Crippen molar-refractivity contribution in [2.45, 2.75) is 32.7 Å². The lowest BCUT2D eigenvalue weighted by Gasteiger charge is -2.26. The van der Waals surface area contributed by atoms with Gasteiger partial charge in [-0.1, -0.05) is 30.7 Å². The lowest BCUT2D eigenvalue weighted by atomic mass is 9.94. The molecule has 11 nitrogen and oxygen atoms in total. The molecule has 44 heavy (non-hydrogen) atoms. The molecule has 1 atom stereocenters. The van der Waals surface area contributed by atoms with Crippen molar-refractivity contribution in [1.82, 2.24) is 4.57 Å². The topological polar surface area (TPSA) is 135 Å². The van der Waals surface area contributed by atoms with Gasteiger partial charge in [0.05, 0.1) is 63.7 Å². The van der Waals surface area contributed by atoms with Crippen LogP contribution in [-0.4, -0.2) is 36.3 Å². The first-order valence-corrected chi connectivity index (χ1v) is 15.3. The van der Waals surface area contributed by atoms with E-state index in [0.29, 0.717) is 54.3 Å². The predicted molar refractivity (Wildman–Crippen MR) is 168 cm³/mol. The van der Waals surface area contributed by atoms with Crippen molar-refractivity contribution in [3.8, 4) is 22.8 Å². The third-order valence-corrected chi connectivity index (χ3v) is 8.55. The number of carbonyl (C=O) groups excluding carboxylic acids is 1. The van der Waals surface area contributed by atoms with E-state index < -0.39 is 16.9 Å². The van der Waals surface area contributed by atoms with Gasteiger partial charge < -0.3 is 18.6 Å². The van der Waals surface area contributed by atoms with Crippen molar-refractivity contribution < 1.29 is 28.3 Å². The van der Waals surface area contributed by atoms with Crippen molar-refractivity contribution in [3.63, 3.8) is 0 Å². The number of ether oxygens (including phenoxy) is 3. The van der Waals surface area contributed by atoms with Crippen molar-refractivity contribution in [3.05, 3.63) is 105 Å². The van der Waals surface area contributed by atoms with Gasteiger partial charge in [-0.3, -0.25) is 19.5 Å². The van der Waals surface area contributed by atoms with Gasteiger partial charge in [0.2, 0.25) is 0 Å². The van der Waals surface area contributed by atoms with Crippen molar-refractivity contribution in [2.75, 3.05) is 20.8 Å². The fourth-order valence-electron chi connectivity index (χ4n) is 4.99. The molecule has 2 aromatic heterocycles. The minimum atomic E-state index is -0.801. The summed E-state index contributed by atoms with van der Waals surface area (Å²) in [6, 6.07) is 12.3. The van der Waals surface area contributed by atoms with Crippen LogP contribution in [0.5, 0.6) is 11.5 Å². The van der Waals surface area contributed by atoms with Gasteiger partial charge in [0.15, 0.2) is 4.80 Å². The molecule has 1 aliphatic rings. The quantitative estimate of drug-likeness (QED) is 0.121. The van der Waals surface area contributed by atoms with E-state index in [1.54, 1.807) is 56.5 Å². The third kappa shape index (κ3) is 5.84. The molecule has 4 aromatic rings. The zero-order valence-corrected chi connectivity index (χ0v) is 26.7. The lowest BCUT2D eigenvalue weighted by Crippen LogP contribution is -2.40. The van der Waals surface area contributed by atoms with E-state index in [1.807, 2.05) is 13.0 Å². The molecular formula is C31H28BrN3O8S. The molecule has 0 saturated heterocycles. The summed E-state index contributed by atoms with van der Waals surface area (Å²) >= 11 is 4.69. The summed E-state index contributed by atoms with van der Waals surface area (Å²) < 4.78 is 24.4. The third-order valence-electron chi connectivity index (χ3n) is 6.95. The Kier molecular flexibility index (Phi) is 9.16. The number of carbonyl (C=O) groups is 1. The van der Waals surface area contributed by atoms with Crippen LogP contribution < -0.4 is 24.4 Å². The van der Waals surface area contributed by atoms with Crippen LogP contribution in [0, 0.1) is 10.1 Å². The second kappa shape index (κ2) is 13.0. The van der Waals surface area contributed by atoms with E-state index in [-0.39, 0.29) is 29.2 Å². The number of rotatable bonds is 10. The lowest BCUT2D eigenvalue weighted by molar-refractivity contribution is -0.384. The Morgan fingerprint density at radius 1 is 1.16 bits per heavy atom. The molecule has 0 amide bonds. The van der Waals surface area contributed by atoms with Gasteiger partial charge >= 0.3 is 5.97 Å². The highest BCUT2D eigenvalue weighted by Crippen LogP contribution is 2.37. The zero-order chi connectivity index (χ0) is 31.5. The van der Waals surface area contributed by atoms with E-state index in [2.05, 4.69) is 15.9 Å². The smallest absolute Gasteiger partial charge is 0.338 e. The van der Waals surface area contributed by atoms with Crippen LogP contribution in [0.1, 0.15) is 44.1 Å². The Morgan fingerprint density at radius 2 is 1.95 bits per heavy atom. The normalized spacial score (nSPS) is 14.7. The molecule has 5 rings (SSSR count). The highest BCUT2D eigenvalue weighted by molar-refractivity contribution is 9.10. The number of benzene rings is 2. The first-order chi connectivity index (χ1) is 21.2. The molecule has 228 valence electrons. The van der Waals surface area contributed by atoms with Crippen molar-refractivity contribution in [1.29, 1.82) is 0 Å². The Hall–Kier alpha value is -4.49. The number of thiazole rings is 1. The summed E-state index contributed by atoms with van der Waals surface area (Å²) in [6.07, 6.45) is 2.80. The number of aromatic nitrogens is 1. The average Bonchev–Trinajstić information content (AvgIpc) is 3.60. The van der Waals surface area contributed by atoms with Gasteiger partial charge in [-0.2, -0.15) is 0 Å². The number of nitro groups is 1. The zero-order valence-electron chi connectivity index (χ0n) is 24.3. The van der Waals surface area contributed by atoms with E-state index >= 15 is 0 Å². The fraction of sp³-hybridized carbons (Fsp3) is 0.258. The molecule has 1 unspecified atom stereocenters. The van der Waals surface area contributed by atoms with E-state index in [4.69, 9.17) is 23.6 Å². The molecule has 0 aliphatic carbocycles. The minimum Gasteiger partial charge on any atom is -0.497 e. The number of nitrogens with zero attached hydrogens (tertiary/aromatic N) is 3. The number of hydrogen-bond acceptors (Lipinski definition) is 10. The van der Waals surface area contributed by atoms with Crippen LogP contribution in [-0.2, 0) is 9.53 Å². The number of esters is 1. The second-order valence-electron chi connectivity index (χ2n) is 9.65. The molecule has 3 heterocycles. The van der Waals surface area contributed by atoms with Gasteiger partial charge in [-0.25, -0.2) is 9.79 Å².